The third-order valence-corrected chi connectivity index (χ3v) is 10.9. The number of aryl methyl sites for hydroxylation is 1. The number of para-hydroxylation sites is 1. The monoisotopic (exact) mass is 735 g/mol. The van der Waals surface area contributed by atoms with E-state index in [2.05, 4.69) is 81.3 Å². The molecule has 56 heavy (non-hydrogen) atoms. The van der Waals surface area contributed by atoms with Crippen LogP contribution in [0.1, 0.15) is 46.5 Å². The molecule has 8 nitrogen and oxygen atoms in total. The van der Waals surface area contributed by atoms with Crippen molar-refractivity contribution in [2.45, 2.75) is 37.3 Å². The van der Waals surface area contributed by atoms with E-state index in [0.29, 0.717) is 25.1 Å². The highest BCUT2D eigenvalue weighted by molar-refractivity contribution is 5.87. The van der Waals surface area contributed by atoms with Gasteiger partial charge in [0.15, 0.2) is 0 Å². The number of ether oxygens (including phenoxy) is 1. The lowest BCUT2D eigenvalue weighted by Crippen LogP contribution is -2.48. The average Bonchev–Trinajstić information content (AvgIpc) is 3.98. The number of rotatable bonds is 12. The van der Waals surface area contributed by atoms with Crippen molar-refractivity contribution < 1.29 is 14.3 Å². The molecule has 0 spiro atoms. The van der Waals surface area contributed by atoms with E-state index in [9.17, 15) is 9.59 Å². The maximum absolute atomic E-state index is 14.5. The average molecular weight is 736 g/mol. The molecule has 0 aliphatic heterocycles. The minimum Gasteiger partial charge on any atom is -0.449 e. The van der Waals surface area contributed by atoms with E-state index in [-0.39, 0.29) is 18.4 Å². The number of carbonyl (C=O) groups is 2. The standard InChI is InChI=1S/C48H41N5O3/c54-47(52-44(27-31-22-23-32-12-4-5-15-34(32)26-31)46-50-29-45(51-46)33-13-2-1-3-14-33)43(25-24-35-28-49-42-21-11-10-16-36(35)42)53-48(55)56-30-41-39-19-8-6-17-37(39)38-18-7-9-20-40(38)41/h1-23,26,28-29,41,43-44,49H,24-25,27,30H2,(H,50,51)(H,52,54)(H,53,55)/t43-,44-/m1/s1. The summed E-state index contributed by atoms with van der Waals surface area (Å²) in [5, 5.41) is 9.59. The Morgan fingerprint density at radius 3 is 2.20 bits per heavy atom. The second-order valence-electron chi connectivity index (χ2n) is 14.4. The van der Waals surface area contributed by atoms with Crippen LogP contribution in [0.2, 0.25) is 0 Å². The van der Waals surface area contributed by atoms with Gasteiger partial charge in [-0.25, -0.2) is 9.78 Å². The minimum atomic E-state index is -0.887. The molecule has 276 valence electrons. The Labute approximate surface area is 325 Å². The second-order valence-corrected chi connectivity index (χ2v) is 14.4. The van der Waals surface area contributed by atoms with Gasteiger partial charge >= 0.3 is 6.09 Å². The van der Waals surface area contributed by atoms with Crippen LogP contribution in [-0.4, -0.2) is 39.6 Å². The molecular formula is C48H41N5O3. The Balaban J connectivity index is 0.980. The van der Waals surface area contributed by atoms with Crippen LogP contribution in [0.3, 0.4) is 0 Å². The summed E-state index contributed by atoms with van der Waals surface area (Å²) in [7, 11) is 0. The number of imidazole rings is 1. The Hall–Kier alpha value is -6.93. The summed E-state index contributed by atoms with van der Waals surface area (Å²) in [6, 6.07) is 47.7. The number of benzene rings is 6. The van der Waals surface area contributed by atoms with Crippen molar-refractivity contribution in [3.05, 3.63) is 186 Å². The number of hydrogen-bond donors (Lipinski definition) is 4. The highest BCUT2D eigenvalue weighted by Gasteiger charge is 2.31. The van der Waals surface area contributed by atoms with E-state index in [1.54, 1.807) is 0 Å². The fourth-order valence-corrected chi connectivity index (χ4v) is 8.05. The molecule has 8 aromatic rings. The first kappa shape index (κ1) is 34.8. The molecule has 6 aromatic carbocycles. The van der Waals surface area contributed by atoms with E-state index in [4.69, 9.17) is 9.72 Å². The van der Waals surface area contributed by atoms with Crippen molar-refractivity contribution in [1.82, 2.24) is 25.6 Å². The minimum absolute atomic E-state index is 0.101. The van der Waals surface area contributed by atoms with Crippen molar-refractivity contribution >= 4 is 33.7 Å². The lowest BCUT2D eigenvalue weighted by atomic mass is 9.98. The Bertz CT molecular complexity index is 2620. The maximum Gasteiger partial charge on any atom is 0.407 e. The van der Waals surface area contributed by atoms with Gasteiger partial charge in [0.25, 0.3) is 0 Å². The van der Waals surface area contributed by atoms with Gasteiger partial charge in [0.1, 0.15) is 18.5 Å². The van der Waals surface area contributed by atoms with Crippen molar-refractivity contribution in [2.75, 3.05) is 6.61 Å². The number of H-pyrrole nitrogens is 2. The molecular weight excluding hydrogens is 695 g/mol. The van der Waals surface area contributed by atoms with Gasteiger partial charge in [-0.1, -0.05) is 140 Å². The number of hydrogen-bond acceptors (Lipinski definition) is 4. The first-order valence-electron chi connectivity index (χ1n) is 19.1. The largest absolute Gasteiger partial charge is 0.449 e. The molecule has 1 aliphatic carbocycles. The number of fused-ring (bicyclic) bond motifs is 5. The van der Waals surface area contributed by atoms with E-state index in [1.165, 1.54) is 0 Å². The quantitative estimate of drug-likeness (QED) is 0.100. The third kappa shape index (κ3) is 7.17. The molecule has 1 aliphatic rings. The van der Waals surface area contributed by atoms with Gasteiger partial charge in [0.05, 0.1) is 11.7 Å². The highest BCUT2D eigenvalue weighted by atomic mass is 16.5. The van der Waals surface area contributed by atoms with Crippen LogP contribution in [0, 0.1) is 0 Å². The molecule has 0 bridgehead atoms. The molecule has 2 atom stereocenters. The van der Waals surface area contributed by atoms with Crippen molar-refractivity contribution in [3.8, 4) is 22.4 Å². The normalized spacial score (nSPS) is 13.2. The Kier molecular flexibility index (Phi) is 9.59. The summed E-state index contributed by atoms with van der Waals surface area (Å²) in [5.74, 6) is 0.208. The van der Waals surface area contributed by atoms with Crippen LogP contribution in [0.25, 0.3) is 44.1 Å². The predicted molar refractivity (Wildman–Crippen MR) is 221 cm³/mol. The summed E-state index contributed by atoms with van der Waals surface area (Å²) in [5.41, 5.74) is 9.45. The van der Waals surface area contributed by atoms with Crippen LogP contribution >= 0.6 is 0 Å². The number of aromatic nitrogens is 3. The van der Waals surface area contributed by atoms with Gasteiger partial charge in [0.2, 0.25) is 5.91 Å². The molecule has 8 heteroatoms. The van der Waals surface area contributed by atoms with Crippen LogP contribution < -0.4 is 10.6 Å². The zero-order chi connectivity index (χ0) is 37.8. The molecule has 0 unspecified atom stereocenters. The summed E-state index contributed by atoms with van der Waals surface area (Å²) < 4.78 is 5.95. The van der Waals surface area contributed by atoms with Gasteiger partial charge in [-0.2, -0.15) is 0 Å². The van der Waals surface area contributed by atoms with E-state index >= 15 is 0 Å². The van der Waals surface area contributed by atoms with Crippen molar-refractivity contribution in [2.24, 2.45) is 0 Å². The molecule has 9 rings (SSSR count). The molecule has 2 heterocycles. The number of alkyl carbamates (subject to hydrolysis) is 1. The predicted octanol–water partition coefficient (Wildman–Crippen LogP) is 9.65. The van der Waals surface area contributed by atoms with Crippen molar-refractivity contribution in [1.29, 1.82) is 0 Å². The summed E-state index contributed by atoms with van der Waals surface area (Å²) >= 11 is 0. The first-order valence-corrected chi connectivity index (χ1v) is 19.1. The van der Waals surface area contributed by atoms with Gasteiger partial charge in [-0.3, -0.25) is 4.79 Å². The smallest absolute Gasteiger partial charge is 0.407 e. The topological polar surface area (TPSA) is 112 Å². The van der Waals surface area contributed by atoms with Gasteiger partial charge in [-0.05, 0) is 69.5 Å². The summed E-state index contributed by atoms with van der Waals surface area (Å²) in [4.78, 5) is 39.9. The zero-order valence-corrected chi connectivity index (χ0v) is 30.7. The number of aromatic amines is 2. The van der Waals surface area contributed by atoms with Gasteiger partial charge < -0.3 is 25.3 Å². The molecule has 0 saturated heterocycles. The second kappa shape index (κ2) is 15.4. The number of carbonyl (C=O) groups excluding carboxylic acids is 2. The van der Waals surface area contributed by atoms with E-state index < -0.39 is 18.2 Å². The molecule has 2 amide bonds. The van der Waals surface area contributed by atoms with E-state index in [0.717, 1.165) is 66.3 Å². The van der Waals surface area contributed by atoms with Gasteiger partial charge in [0, 0.05) is 34.8 Å². The zero-order valence-electron chi connectivity index (χ0n) is 30.7. The number of nitrogens with zero attached hydrogens (tertiary/aromatic N) is 1. The number of amides is 2. The van der Waals surface area contributed by atoms with Gasteiger partial charge in [-0.15, -0.1) is 0 Å². The molecule has 2 aromatic heterocycles. The molecule has 4 N–H and O–H groups in total. The maximum atomic E-state index is 14.5. The SMILES string of the molecule is O=C(N[C@H](CCc1c[nH]c2ccccc12)C(=O)N[C@H](Cc1ccc2ccccc2c1)c1nc(-c2ccccc2)c[nH]1)OCC1c2ccccc2-c2ccccc21. The fraction of sp³-hybridized carbons (Fsp3) is 0.146. The van der Waals surface area contributed by atoms with E-state index in [1.807, 2.05) is 97.3 Å². The molecule has 0 saturated carbocycles. The first-order chi connectivity index (χ1) is 27.6. The van der Waals surface area contributed by atoms with Crippen LogP contribution in [0.15, 0.2) is 158 Å². The third-order valence-electron chi connectivity index (χ3n) is 10.9. The summed E-state index contributed by atoms with van der Waals surface area (Å²) in [6.07, 6.45) is 4.60. The van der Waals surface area contributed by atoms with Crippen LogP contribution in [-0.2, 0) is 22.4 Å². The molecule has 0 fully saturated rings. The fourth-order valence-electron chi connectivity index (χ4n) is 8.05. The number of nitrogens with one attached hydrogen (secondary N) is 4. The lowest BCUT2D eigenvalue weighted by Gasteiger charge is -2.23. The highest BCUT2D eigenvalue weighted by Crippen LogP contribution is 2.44. The Morgan fingerprint density at radius 2 is 1.39 bits per heavy atom. The van der Waals surface area contributed by atoms with Crippen molar-refractivity contribution in [3.63, 3.8) is 0 Å². The summed E-state index contributed by atoms with van der Waals surface area (Å²) in [6.45, 7) is 0.149. The Morgan fingerprint density at radius 1 is 0.696 bits per heavy atom. The lowest BCUT2D eigenvalue weighted by molar-refractivity contribution is -0.124. The van der Waals surface area contributed by atoms with Crippen LogP contribution in [0.5, 0.6) is 0 Å². The molecule has 0 radical (unpaired) electrons. The van der Waals surface area contributed by atoms with Crippen LogP contribution in [0.4, 0.5) is 4.79 Å².